The predicted octanol–water partition coefficient (Wildman–Crippen LogP) is 2.24. The molecule has 1 atom stereocenters. The van der Waals surface area contributed by atoms with Crippen LogP contribution in [-0.2, 0) is 14.6 Å². The van der Waals surface area contributed by atoms with E-state index in [0.29, 0.717) is 25.9 Å². The summed E-state index contributed by atoms with van der Waals surface area (Å²) in [5.41, 5.74) is 0. The molecule has 0 aromatic carbocycles. The molecule has 5 heteroatoms. The molecule has 1 aliphatic heterocycles. The van der Waals surface area contributed by atoms with Crippen molar-refractivity contribution in [3.63, 3.8) is 0 Å². The molecule has 1 saturated heterocycles. The van der Waals surface area contributed by atoms with Crippen molar-refractivity contribution in [2.75, 3.05) is 19.3 Å². The lowest BCUT2D eigenvalue weighted by Gasteiger charge is -2.33. The second-order valence-corrected chi connectivity index (χ2v) is 7.93. The second-order valence-electron chi connectivity index (χ2n) is 5.60. The Kier molecular flexibility index (Phi) is 6.30. The number of sulfone groups is 1. The normalized spacial score (nSPS) is 19.4. The van der Waals surface area contributed by atoms with Crippen LogP contribution in [0.3, 0.4) is 0 Å². The van der Waals surface area contributed by atoms with Crippen LogP contribution in [0.15, 0.2) is 0 Å². The van der Waals surface area contributed by atoms with Crippen LogP contribution in [0.4, 0.5) is 0 Å². The third-order valence-electron chi connectivity index (χ3n) is 4.11. The Labute approximate surface area is 117 Å². The van der Waals surface area contributed by atoms with Gasteiger partial charge in [0, 0.05) is 25.3 Å². The van der Waals surface area contributed by atoms with E-state index in [1.165, 1.54) is 6.26 Å². The van der Waals surface area contributed by atoms with Crippen molar-refractivity contribution < 1.29 is 13.2 Å². The predicted molar refractivity (Wildman–Crippen MR) is 77.8 cm³/mol. The molecule has 0 aromatic rings. The first kappa shape index (κ1) is 16.5. The van der Waals surface area contributed by atoms with Gasteiger partial charge in [-0.25, -0.2) is 8.42 Å². The van der Waals surface area contributed by atoms with Crippen LogP contribution in [0.5, 0.6) is 0 Å². The van der Waals surface area contributed by atoms with Crippen molar-refractivity contribution in [1.82, 2.24) is 4.90 Å². The highest BCUT2D eigenvalue weighted by Gasteiger charge is 2.30. The third-order valence-corrected chi connectivity index (χ3v) is 5.79. The molecular formula is C14H27NO3S. The highest BCUT2D eigenvalue weighted by Crippen LogP contribution is 2.21. The molecule has 1 rings (SSSR count). The number of amides is 1. The Morgan fingerprint density at radius 2 is 1.84 bits per heavy atom. The van der Waals surface area contributed by atoms with Crippen molar-refractivity contribution in [2.24, 2.45) is 5.92 Å². The van der Waals surface area contributed by atoms with Gasteiger partial charge in [-0.3, -0.25) is 4.79 Å². The first-order valence-electron chi connectivity index (χ1n) is 7.37. The van der Waals surface area contributed by atoms with E-state index in [4.69, 9.17) is 0 Å². The maximum absolute atomic E-state index is 12.4. The van der Waals surface area contributed by atoms with Gasteiger partial charge in [-0.1, -0.05) is 26.7 Å². The summed E-state index contributed by atoms with van der Waals surface area (Å²) in [5.74, 6) is 0.345. The van der Waals surface area contributed by atoms with Crippen molar-refractivity contribution in [3.05, 3.63) is 0 Å². The summed E-state index contributed by atoms with van der Waals surface area (Å²) >= 11 is 0. The monoisotopic (exact) mass is 289 g/mol. The Balaban J connectivity index is 2.52. The molecule has 1 fully saturated rings. The number of likely N-dealkylation sites (tertiary alicyclic amines) is 1. The molecule has 19 heavy (non-hydrogen) atoms. The minimum atomic E-state index is -2.95. The second kappa shape index (κ2) is 7.27. The Hall–Kier alpha value is -0.580. The van der Waals surface area contributed by atoms with Crippen molar-refractivity contribution in [3.8, 4) is 0 Å². The molecule has 1 unspecified atom stereocenters. The third kappa shape index (κ3) is 4.79. The summed E-state index contributed by atoms with van der Waals surface area (Å²) in [6.07, 6.45) is 6.52. The van der Waals surface area contributed by atoms with E-state index < -0.39 is 9.84 Å². The molecule has 1 amide bonds. The van der Waals surface area contributed by atoms with E-state index in [9.17, 15) is 13.2 Å². The van der Waals surface area contributed by atoms with Gasteiger partial charge in [0.1, 0.15) is 9.84 Å². The summed E-state index contributed by atoms with van der Waals surface area (Å²) in [5, 5.41) is -0.257. The molecule has 0 aliphatic carbocycles. The highest BCUT2D eigenvalue weighted by molar-refractivity contribution is 7.91. The van der Waals surface area contributed by atoms with E-state index in [0.717, 1.165) is 25.7 Å². The zero-order valence-corrected chi connectivity index (χ0v) is 13.2. The van der Waals surface area contributed by atoms with E-state index >= 15 is 0 Å². The van der Waals surface area contributed by atoms with Gasteiger partial charge in [-0.05, 0) is 25.7 Å². The van der Waals surface area contributed by atoms with Crippen LogP contribution in [0, 0.1) is 5.92 Å². The van der Waals surface area contributed by atoms with Crippen LogP contribution in [-0.4, -0.2) is 43.8 Å². The van der Waals surface area contributed by atoms with E-state index in [2.05, 4.69) is 13.8 Å². The number of hydrogen-bond acceptors (Lipinski definition) is 3. The maximum Gasteiger partial charge on any atom is 0.225 e. The van der Waals surface area contributed by atoms with E-state index in [1.54, 1.807) is 0 Å². The number of hydrogen-bond donors (Lipinski definition) is 0. The summed E-state index contributed by atoms with van der Waals surface area (Å²) in [6.45, 7) is 5.38. The topological polar surface area (TPSA) is 54.5 Å². The fourth-order valence-electron chi connectivity index (χ4n) is 2.72. The zero-order chi connectivity index (χ0) is 14.5. The molecule has 0 aromatic heterocycles. The lowest BCUT2D eigenvalue weighted by molar-refractivity contribution is -0.136. The average molecular weight is 289 g/mol. The molecule has 0 spiro atoms. The van der Waals surface area contributed by atoms with Gasteiger partial charge in [0.05, 0.1) is 5.25 Å². The van der Waals surface area contributed by atoms with E-state index in [1.807, 2.05) is 4.90 Å². The quantitative estimate of drug-likeness (QED) is 0.753. The standard InChI is InChI=1S/C14H27NO3S/c1-4-6-7-12(5-2)14(16)15-10-8-13(9-11-15)19(3,17)18/h12-13H,4-11H2,1-3H3. The number of nitrogens with zero attached hydrogens (tertiary/aromatic N) is 1. The molecule has 1 heterocycles. The molecule has 0 N–H and O–H groups in total. The Morgan fingerprint density at radius 3 is 2.26 bits per heavy atom. The molecule has 0 bridgehead atoms. The average Bonchev–Trinajstić information content (AvgIpc) is 2.38. The van der Waals surface area contributed by atoms with Crippen molar-refractivity contribution >= 4 is 15.7 Å². The van der Waals surface area contributed by atoms with Crippen LogP contribution in [0.25, 0.3) is 0 Å². The Bertz CT molecular complexity index is 383. The molecule has 1 aliphatic rings. The fraction of sp³-hybridized carbons (Fsp3) is 0.929. The molecule has 112 valence electrons. The van der Waals surface area contributed by atoms with Gasteiger partial charge in [0.2, 0.25) is 5.91 Å². The largest absolute Gasteiger partial charge is 0.342 e. The van der Waals surface area contributed by atoms with Crippen molar-refractivity contribution in [1.29, 1.82) is 0 Å². The number of carbonyl (C=O) groups excluding carboxylic acids is 1. The van der Waals surface area contributed by atoms with Crippen LogP contribution < -0.4 is 0 Å². The molecular weight excluding hydrogens is 262 g/mol. The molecule has 0 saturated carbocycles. The fourth-order valence-corrected chi connectivity index (χ4v) is 3.78. The van der Waals surface area contributed by atoms with Crippen molar-refractivity contribution in [2.45, 2.75) is 57.6 Å². The van der Waals surface area contributed by atoms with E-state index in [-0.39, 0.29) is 17.1 Å². The van der Waals surface area contributed by atoms with Crippen LogP contribution >= 0.6 is 0 Å². The number of rotatable bonds is 6. The van der Waals surface area contributed by atoms with Gasteiger partial charge < -0.3 is 4.90 Å². The minimum Gasteiger partial charge on any atom is -0.342 e. The molecule has 0 radical (unpaired) electrons. The summed E-state index contributed by atoms with van der Waals surface area (Å²) < 4.78 is 23.0. The lowest BCUT2D eigenvalue weighted by Crippen LogP contribution is -2.44. The van der Waals surface area contributed by atoms with Gasteiger partial charge in [-0.15, -0.1) is 0 Å². The van der Waals surface area contributed by atoms with Gasteiger partial charge in [0.25, 0.3) is 0 Å². The number of carbonyl (C=O) groups is 1. The Morgan fingerprint density at radius 1 is 1.26 bits per heavy atom. The molecule has 4 nitrogen and oxygen atoms in total. The van der Waals surface area contributed by atoms with Crippen LogP contribution in [0.1, 0.15) is 52.4 Å². The van der Waals surface area contributed by atoms with Gasteiger partial charge in [-0.2, -0.15) is 0 Å². The SMILES string of the molecule is CCCCC(CC)C(=O)N1CCC(S(C)(=O)=O)CC1. The summed E-state index contributed by atoms with van der Waals surface area (Å²) in [7, 11) is -2.95. The zero-order valence-electron chi connectivity index (χ0n) is 12.4. The lowest BCUT2D eigenvalue weighted by atomic mass is 9.96. The first-order chi connectivity index (χ1) is 8.90. The van der Waals surface area contributed by atoms with Gasteiger partial charge >= 0.3 is 0 Å². The first-order valence-corrected chi connectivity index (χ1v) is 9.33. The van der Waals surface area contributed by atoms with Crippen LogP contribution in [0.2, 0.25) is 0 Å². The maximum atomic E-state index is 12.4. The number of piperidine rings is 1. The smallest absolute Gasteiger partial charge is 0.225 e. The summed E-state index contributed by atoms with van der Waals surface area (Å²) in [4.78, 5) is 14.2. The number of unbranched alkanes of at least 4 members (excludes halogenated alkanes) is 1. The summed E-state index contributed by atoms with van der Waals surface area (Å²) in [6, 6.07) is 0. The highest BCUT2D eigenvalue weighted by atomic mass is 32.2. The van der Waals surface area contributed by atoms with Gasteiger partial charge in [0.15, 0.2) is 0 Å². The minimum absolute atomic E-state index is 0.120.